The first-order valence-corrected chi connectivity index (χ1v) is 9.43. The summed E-state index contributed by atoms with van der Waals surface area (Å²) in [4.78, 5) is 4.61. The Hall–Kier alpha value is -3.20. The highest BCUT2D eigenvalue weighted by Crippen LogP contribution is 2.33. The van der Waals surface area contributed by atoms with Gasteiger partial charge in [0.1, 0.15) is 11.6 Å². The number of pyridine rings is 1. The van der Waals surface area contributed by atoms with Gasteiger partial charge < -0.3 is 0 Å². The van der Waals surface area contributed by atoms with Gasteiger partial charge in [-0.3, -0.25) is 4.40 Å². The fourth-order valence-corrected chi connectivity index (χ4v) is 3.46. The molecule has 0 spiro atoms. The molecule has 0 saturated heterocycles. The number of hydrogen-bond acceptors (Lipinski definition) is 1. The Morgan fingerprint density at radius 2 is 1.75 bits per heavy atom. The lowest BCUT2D eigenvalue weighted by Crippen LogP contribution is -2.03. The van der Waals surface area contributed by atoms with Gasteiger partial charge in [-0.25, -0.2) is 9.37 Å². The predicted molar refractivity (Wildman–Crippen MR) is 114 cm³/mol. The van der Waals surface area contributed by atoms with Crippen LogP contribution in [0.5, 0.6) is 0 Å². The molecule has 28 heavy (non-hydrogen) atoms. The van der Waals surface area contributed by atoms with Crippen LogP contribution in [0.3, 0.4) is 0 Å². The summed E-state index contributed by atoms with van der Waals surface area (Å²) in [6.45, 7) is 6.60. The largest absolute Gasteiger partial charge is 0.299 e. The third-order valence-corrected chi connectivity index (χ3v) is 4.61. The maximum atomic E-state index is 13.7. The number of allylic oxidation sites excluding steroid dienone is 1. The number of imidazole rings is 1. The third kappa shape index (κ3) is 3.61. The maximum absolute atomic E-state index is 13.7. The normalized spacial score (nSPS) is 12.5. The van der Waals surface area contributed by atoms with Gasteiger partial charge in [0.25, 0.3) is 0 Å². The Morgan fingerprint density at radius 1 is 0.964 bits per heavy atom. The second-order valence-corrected chi connectivity index (χ2v) is 8.06. The van der Waals surface area contributed by atoms with Crippen LogP contribution in [-0.2, 0) is 0 Å². The van der Waals surface area contributed by atoms with Gasteiger partial charge >= 0.3 is 0 Å². The first kappa shape index (κ1) is 18.2. The van der Waals surface area contributed by atoms with Crippen LogP contribution in [0.4, 0.5) is 4.39 Å². The van der Waals surface area contributed by atoms with E-state index in [1.165, 1.54) is 23.3 Å². The van der Waals surface area contributed by atoms with Crippen molar-refractivity contribution in [2.45, 2.75) is 20.8 Å². The van der Waals surface area contributed by atoms with Crippen LogP contribution in [0.15, 0.2) is 85.2 Å². The van der Waals surface area contributed by atoms with E-state index >= 15 is 0 Å². The molecule has 0 radical (unpaired) electrons. The van der Waals surface area contributed by atoms with Gasteiger partial charge in [-0.15, -0.1) is 0 Å². The van der Waals surface area contributed by atoms with Crippen molar-refractivity contribution in [2.75, 3.05) is 0 Å². The van der Waals surface area contributed by atoms with Crippen molar-refractivity contribution in [3.8, 4) is 11.4 Å². The molecule has 0 saturated carbocycles. The number of fused-ring (bicyclic) bond motifs is 1. The van der Waals surface area contributed by atoms with Gasteiger partial charge in [0.15, 0.2) is 0 Å². The lowest BCUT2D eigenvalue weighted by atomic mass is 9.88. The Kier molecular flexibility index (Phi) is 4.60. The predicted octanol–water partition coefficient (Wildman–Crippen LogP) is 6.62. The van der Waals surface area contributed by atoms with Gasteiger partial charge in [-0.2, -0.15) is 0 Å². The van der Waals surface area contributed by atoms with Crippen molar-refractivity contribution in [1.29, 1.82) is 0 Å². The summed E-state index contributed by atoms with van der Waals surface area (Å²) in [7, 11) is 0. The zero-order valence-electron chi connectivity index (χ0n) is 16.4. The van der Waals surface area contributed by atoms with Crippen LogP contribution < -0.4 is 0 Å². The minimum Gasteiger partial charge on any atom is -0.299 e. The van der Waals surface area contributed by atoms with Crippen LogP contribution >= 0.6 is 0 Å². The highest BCUT2D eigenvalue weighted by molar-refractivity contribution is 5.88. The Balaban J connectivity index is 1.94. The van der Waals surface area contributed by atoms with E-state index in [9.17, 15) is 4.39 Å². The van der Waals surface area contributed by atoms with Gasteiger partial charge in [-0.05, 0) is 34.8 Å². The van der Waals surface area contributed by atoms with Crippen molar-refractivity contribution in [2.24, 2.45) is 5.41 Å². The monoisotopic (exact) mass is 370 g/mol. The molecule has 2 aromatic carbocycles. The van der Waals surface area contributed by atoms with E-state index in [1.807, 2.05) is 35.0 Å². The molecule has 0 aliphatic heterocycles. The van der Waals surface area contributed by atoms with Gasteiger partial charge in [0, 0.05) is 17.3 Å². The average Bonchev–Trinajstić information content (AvgIpc) is 3.10. The number of hydrogen-bond donors (Lipinski definition) is 0. The Morgan fingerprint density at radius 3 is 2.46 bits per heavy atom. The molecule has 2 heterocycles. The van der Waals surface area contributed by atoms with Gasteiger partial charge in [0.2, 0.25) is 0 Å². The van der Waals surface area contributed by atoms with Crippen molar-refractivity contribution in [1.82, 2.24) is 9.38 Å². The molecule has 4 aromatic rings. The summed E-state index contributed by atoms with van der Waals surface area (Å²) in [6, 6.07) is 21.1. The van der Waals surface area contributed by atoms with Crippen LogP contribution in [0, 0.1) is 11.2 Å². The third-order valence-electron chi connectivity index (χ3n) is 4.61. The fourth-order valence-electron chi connectivity index (χ4n) is 3.46. The molecule has 4 rings (SSSR count). The molecule has 2 aromatic heterocycles. The lowest BCUT2D eigenvalue weighted by molar-refractivity contribution is 0.546. The van der Waals surface area contributed by atoms with Crippen molar-refractivity contribution >= 4 is 11.1 Å². The number of rotatable bonds is 3. The molecular formula is C25H23FN2. The summed E-state index contributed by atoms with van der Waals surface area (Å²) < 4.78 is 15.8. The van der Waals surface area contributed by atoms with Crippen LogP contribution in [-0.4, -0.2) is 9.38 Å². The van der Waals surface area contributed by atoms with E-state index in [2.05, 4.69) is 62.2 Å². The second-order valence-electron chi connectivity index (χ2n) is 8.06. The number of nitrogens with zero attached hydrogens (tertiary/aromatic N) is 2. The minimum atomic E-state index is -0.261. The molecule has 0 atom stereocenters. The first-order chi connectivity index (χ1) is 13.4. The summed E-state index contributed by atoms with van der Waals surface area (Å²) in [5.74, 6) is 0.475. The molecule has 0 amide bonds. The van der Waals surface area contributed by atoms with Crippen molar-refractivity contribution < 1.29 is 4.39 Å². The molecule has 0 aliphatic carbocycles. The SMILES string of the molecule is CC(C)(C)/C=C(\c1ccccc1)c1cccn2c(-c3cccc(F)c3)ncc12. The minimum absolute atomic E-state index is 0.0173. The molecule has 0 aliphatic rings. The van der Waals surface area contributed by atoms with Crippen LogP contribution in [0.25, 0.3) is 22.5 Å². The number of benzene rings is 2. The average molecular weight is 370 g/mol. The van der Waals surface area contributed by atoms with Crippen LogP contribution in [0.1, 0.15) is 31.9 Å². The topological polar surface area (TPSA) is 17.3 Å². The van der Waals surface area contributed by atoms with E-state index < -0.39 is 0 Å². The maximum Gasteiger partial charge on any atom is 0.144 e. The molecular weight excluding hydrogens is 347 g/mol. The van der Waals surface area contributed by atoms with E-state index in [0.717, 1.165) is 22.5 Å². The molecule has 0 N–H and O–H groups in total. The lowest BCUT2D eigenvalue weighted by Gasteiger charge is -2.18. The fraction of sp³-hybridized carbons (Fsp3) is 0.160. The number of halogens is 1. The first-order valence-electron chi connectivity index (χ1n) is 9.43. The highest BCUT2D eigenvalue weighted by atomic mass is 19.1. The molecule has 0 fully saturated rings. The van der Waals surface area contributed by atoms with E-state index in [-0.39, 0.29) is 11.2 Å². The Labute approximate surface area is 165 Å². The summed E-state index contributed by atoms with van der Waals surface area (Å²) >= 11 is 0. The van der Waals surface area contributed by atoms with E-state index in [0.29, 0.717) is 0 Å². The number of aromatic nitrogens is 2. The quantitative estimate of drug-likeness (QED) is 0.396. The second kappa shape index (κ2) is 7.08. The van der Waals surface area contributed by atoms with Crippen molar-refractivity contribution in [3.05, 3.63) is 102 Å². The molecule has 2 nitrogen and oxygen atoms in total. The van der Waals surface area contributed by atoms with E-state index in [1.54, 1.807) is 6.07 Å². The van der Waals surface area contributed by atoms with Crippen molar-refractivity contribution in [3.63, 3.8) is 0 Å². The zero-order valence-corrected chi connectivity index (χ0v) is 16.4. The van der Waals surface area contributed by atoms with Crippen LogP contribution in [0.2, 0.25) is 0 Å². The molecule has 0 unspecified atom stereocenters. The molecule has 140 valence electrons. The van der Waals surface area contributed by atoms with Gasteiger partial charge in [0.05, 0.1) is 11.7 Å². The highest BCUT2D eigenvalue weighted by Gasteiger charge is 2.16. The van der Waals surface area contributed by atoms with E-state index in [4.69, 9.17) is 0 Å². The standard InChI is InChI=1S/C25H23FN2/c1-25(2,3)16-22(18-9-5-4-6-10-18)21-13-8-14-28-23(21)17-27-24(28)19-11-7-12-20(26)15-19/h4-17H,1-3H3/b22-16+. The molecule has 3 heteroatoms. The summed E-state index contributed by atoms with van der Waals surface area (Å²) in [6.07, 6.45) is 6.15. The smallest absolute Gasteiger partial charge is 0.144 e. The van der Waals surface area contributed by atoms with Gasteiger partial charge in [-0.1, -0.05) is 75.4 Å². The zero-order chi connectivity index (χ0) is 19.7. The summed E-state index contributed by atoms with van der Waals surface area (Å²) in [5.41, 5.74) is 5.23. The molecule has 0 bridgehead atoms. The Bertz CT molecular complexity index is 1150. The summed E-state index contributed by atoms with van der Waals surface area (Å²) in [5, 5.41) is 0.